The van der Waals surface area contributed by atoms with Gasteiger partial charge in [0, 0.05) is 63.2 Å². The van der Waals surface area contributed by atoms with Crippen LogP contribution in [0.1, 0.15) is 58.1 Å². The summed E-state index contributed by atoms with van der Waals surface area (Å²) in [4.78, 5) is 111. The zero-order valence-corrected chi connectivity index (χ0v) is 40.5. The summed E-state index contributed by atoms with van der Waals surface area (Å²) < 4.78 is 72.9. The van der Waals surface area contributed by atoms with Crippen molar-refractivity contribution in [2.24, 2.45) is 16.1 Å². The number of ether oxygens (including phenoxy) is 3. The number of carbonyl (C=O) groups is 5. The fourth-order valence-corrected chi connectivity index (χ4v) is 10.2. The van der Waals surface area contributed by atoms with Crippen LogP contribution in [-0.2, 0) is 69.8 Å². The number of likely N-dealkylation sites (tertiary alicyclic amines) is 1. The Balaban J connectivity index is 1.13. The number of aromatic nitrogens is 2. The number of phosphoric ester groups is 3. The molecule has 5 unspecified atom stereocenters. The first-order chi connectivity index (χ1) is 31.8. The molecule has 1 aromatic rings. The van der Waals surface area contributed by atoms with Crippen molar-refractivity contribution in [3.63, 3.8) is 0 Å². The molecule has 4 heterocycles. The molecule has 0 bridgehead atoms. The van der Waals surface area contributed by atoms with E-state index in [4.69, 9.17) is 29.0 Å². The summed E-state index contributed by atoms with van der Waals surface area (Å²) in [6, 6.07) is 0. The first-order valence-electron chi connectivity index (χ1n) is 20.8. The number of aliphatic hydroxyl groups excluding tert-OH is 2. The number of nitrogens with two attached hydrogens (primary N) is 1. The number of carbonyl (C=O) groups excluding carboxylic acids is 5. The number of nitrogens with one attached hydrogen (secondary N) is 4. The van der Waals surface area contributed by atoms with Crippen LogP contribution in [0.2, 0.25) is 0 Å². The lowest BCUT2D eigenvalue weighted by Crippen LogP contribution is -2.46. The second kappa shape index (κ2) is 25.7. The van der Waals surface area contributed by atoms with Gasteiger partial charge in [-0.25, -0.2) is 23.7 Å². The van der Waals surface area contributed by atoms with Gasteiger partial charge in [-0.1, -0.05) is 13.8 Å². The number of rotatable bonds is 30. The van der Waals surface area contributed by atoms with Gasteiger partial charge in [-0.3, -0.25) is 47.0 Å². The second-order valence-corrected chi connectivity index (χ2v) is 21.2. The van der Waals surface area contributed by atoms with Crippen LogP contribution in [0.3, 0.4) is 0 Å². The number of thioether (sulfide) groups is 1. The summed E-state index contributed by atoms with van der Waals surface area (Å²) in [6.07, 6.45) is -7.60. The van der Waals surface area contributed by atoms with Crippen molar-refractivity contribution in [2.75, 3.05) is 71.6 Å². The van der Waals surface area contributed by atoms with Gasteiger partial charge in [0.15, 0.2) is 12.0 Å². The van der Waals surface area contributed by atoms with Gasteiger partial charge in [0.25, 0.3) is 0 Å². The minimum atomic E-state index is -5.60. The Morgan fingerprint density at radius 1 is 1.00 bits per heavy atom. The van der Waals surface area contributed by atoms with Crippen LogP contribution in [-0.4, -0.2) is 181 Å². The Labute approximate surface area is 393 Å². The van der Waals surface area contributed by atoms with E-state index in [0.29, 0.717) is 19.8 Å². The third-order valence-electron chi connectivity index (χ3n) is 9.87. The van der Waals surface area contributed by atoms with E-state index in [9.17, 15) is 67.5 Å². The summed E-state index contributed by atoms with van der Waals surface area (Å²) in [6.45, 7) is 3.74. The van der Waals surface area contributed by atoms with Crippen LogP contribution in [0.15, 0.2) is 11.3 Å². The number of nitrogens with zero attached hydrogens (tertiary/aromatic N) is 4. The highest BCUT2D eigenvalue weighted by Gasteiger charge is 2.51. The number of imidazole rings is 1. The average molecular weight is 1050 g/mol. The van der Waals surface area contributed by atoms with Crippen LogP contribution in [0.25, 0.3) is 0 Å². The predicted molar refractivity (Wildman–Crippen MR) is 233 cm³/mol. The summed E-state index contributed by atoms with van der Waals surface area (Å²) in [5.41, 5.74) is 4.46. The summed E-state index contributed by atoms with van der Waals surface area (Å²) in [5.74, 6) is -2.25. The van der Waals surface area contributed by atoms with E-state index in [2.05, 4.69) is 40.1 Å². The predicted octanol–water partition coefficient (Wildman–Crippen LogP) is -2.48. The van der Waals surface area contributed by atoms with Crippen molar-refractivity contribution < 1.29 is 99.5 Å². The molecule has 5 amide bonds. The number of imide groups is 1. The summed E-state index contributed by atoms with van der Waals surface area (Å²) in [7, 11) is -16.5. The Bertz CT molecular complexity index is 2100. The Morgan fingerprint density at radius 2 is 1.68 bits per heavy atom. The van der Waals surface area contributed by atoms with E-state index in [1.54, 1.807) is 0 Å². The molecule has 1 aromatic heterocycles. The second-order valence-electron chi connectivity index (χ2n) is 15.6. The Morgan fingerprint density at radius 3 is 2.38 bits per heavy atom. The first kappa shape index (κ1) is 57.3. The van der Waals surface area contributed by atoms with Gasteiger partial charge in [0.05, 0.1) is 51.0 Å². The summed E-state index contributed by atoms with van der Waals surface area (Å²) >= 11 is 1.17. The van der Waals surface area contributed by atoms with Crippen LogP contribution in [0.4, 0.5) is 5.82 Å². The molecule has 0 saturated carbocycles. The summed E-state index contributed by atoms with van der Waals surface area (Å²) in [5, 5.41) is 31.2. The molecular formula is C34H58N9O21P3S. The van der Waals surface area contributed by atoms with Gasteiger partial charge in [0.1, 0.15) is 36.3 Å². The highest BCUT2D eigenvalue weighted by molar-refractivity contribution is 8.00. The first-order valence-corrected chi connectivity index (χ1v) is 26.4. The topological polar surface area (TPSA) is 430 Å². The van der Waals surface area contributed by atoms with Gasteiger partial charge in [-0.2, -0.15) is 4.31 Å². The van der Waals surface area contributed by atoms with Gasteiger partial charge >= 0.3 is 23.5 Å². The molecule has 30 nitrogen and oxygen atoms in total. The average Bonchev–Trinajstić information content (AvgIpc) is 3.90. The highest BCUT2D eigenvalue weighted by atomic mass is 32.2. The van der Waals surface area contributed by atoms with Gasteiger partial charge in [0.2, 0.25) is 29.5 Å². The monoisotopic (exact) mass is 1050 g/mol. The minimum Gasteiger partial charge on any atom is -0.386 e. The molecule has 2 fully saturated rings. The molecule has 2 saturated heterocycles. The normalized spacial score (nSPS) is 23.9. The molecule has 34 heteroatoms. The van der Waals surface area contributed by atoms with Crippen LogP contribution >= 0.6 is 35.2 Å². The molecule has 3 aliphatic heterocycles. The van der Waals surface area contributed by atoms with E-state index < -0.39 is 102 Å². The molecule has 3 aliphatic rings. The maximum absolute atomic E-state index is 12.8. The maximum atomic E-state index is 12.8. The van der Waals surface area contributed by atoms with E-state index in [1.165, 1.54) is 31.9 Å². The van der Waals surface area contributed by atoms with Crippen molar-refractivity contribution in [1.29, 1.82) is 0 Å². The van der Waals surface area contributed by atoms with Crippen LogP contribution < -0.4 is 27.0 Å². The van der Waals surface area contributed by atoms with Gasteiger partial charge < -0.3 is 71.0 Å². The highest BCUT2D eigenvalue weighted by Crippen LogP contribution is 2.61. The van der Waals surface area contributed by atoms with Crippen LogP contribution in [0.5, 0.6) is 0 Å². The van der Waals surface area contributed by atoms with Crippen LogP contribution in [0, 0.1) is 5.41 Å². The molecule has 0 aromatic carbocycles. The molecule has 0 spiro atoms. The van der Waals surface area contributed by atoms with E-state index in [1.807, 2.05) is 6.92 Å². The molecule has 9 atom stereocenters. The lowest BCUT2D eigenvalue weighted by atomic mass is 9.87. The number of hydrogen-bond donors (Lipinski definition) is 11. The van der Waals surface area contributed by atoms with Crippen molar-refractivity contribution in [2.45, 2.75) is 82.1 Å². The zero-order valence-electron chi connectivity index (χ0n) is 37.0. The molecule has 0 radical (unpaired) electrons. The third kappa shape index (κ3) is 17.5. The van der Waals surface area contributed by atoms with E-state index in [-0.39, 0.29) is 81.1 Å². The number of aliphatic hydroxyl groups is 2. The maximum Gasteiger partial charge on any atom is 0.481 e. The number of phosphoric acid groups is 3. The smallest absolute Gasteiger partial charge is 0.386 e. The minimum absolute atomic E-state index is 0.00659. The molecule has 68 heavy (non-hydrogen) atoms. The lowest BCUT2D eigenvalue weighted by molar-refractivity contribution is -0.139. The van der Waals surface area contributed by atoms with Gasteiger partial charge in [-0.15, -0.1) is 11.8 Å². The molecule has 12 N–H and O–H groups in total. The fraction of sp³-hybridized carbons (Fsp3) is 0.735. The number of hydrogen-bond acceptors (Lipinski definition) is 22. The molecular weight excluding hydrogens is 995 g/mol. The van der Waals surface area contributed by atoms with Crippen molar-refractivity contribution >= 4 is 76.9 Å². The lowest BCUT2D eigenvalue weighted by Gasteiger charge is -2.30. The molecule has 386 valence electrons. The van der Waals surface area contributed by atoms with Crippen molar-refractivity contribution in [1.82, 2.24) is 35.7 Å². The number of amides is 5. The Hall–Kier alpha value is -3.29. The third-order valence-corrected chi connectivity index (χ3v) is 14.2. The zero-order chi connectivity index (χ0) is 50.5. The largest absolute Gasteiger partial charge is 0.481 e. The molecule has 0 aliphatic carbocycles. The standard InChI is InChI=1S/C34H58N9O21P3S/c1-4-58-12-13-59-11-6-23(45)36-8-10-42-24(46)15-21(32(42)50)68-14-9-37-22(44)5-7-38-31(49)28(48)34(2,3)17-61-67(56,57)64-66(54,55)60-16-20-27(63-65(51,52)53)26(47)33(62-20)43-19-41-25-29(35)39-18-40-30(25)43/h18-21,26-29,33,47-48H,4-17,35H2,1-3H3,(H,36,45)(H,37,44)(H,38,49)(H,39,40)(H,54,55)(H,56,57)(H2,51,52,53)/t20-,21?,26+,27?,28+,29?,33-/m1/s1. The quantitative estimate of drug-likeness (QED) is 0.0216. The number of aliphatic imine (C=N–C) groups is 1. The number of fused-ring (bicyclic) bond motifs is 1. The SMILES string of the molecule is CCOCCOCCC(=O)NCCN1C(=O)CC(SCCNC(=O)CCNC(=O)[C@H](O)C(C)(C)COP(=O)(O)OP(=O)(O)OC[C@H]2O[C@@H](n3cnc4c3N=CNC4N)[C@@H](O)C2OP(=O)(O)O)C1=O. The Kier molecular flexibility index (Phi) is 21.7. The van der Waals surface area contributed by atoms with E-state index in [0.717, 1.165) is 15.8 Å². The van der Waals surface area contributed by atoms with Crippen molar-refractivity contribution in [3.8, 4) is 0 Å². The fourth-order valence-electron chi connectivity index (χ4n) is 6.38. The molecule has 4 rings (SSSR count). The van der Waals surface area contributed by atoms with Crippen molar-refractivity contribution in [3.05, 3.63) is 12.0 Å². The van der Waals surface area contributed by atoms with Gasteiger partial charge in [-0.05, 0) is 6.92 Å². The van der Waals surface area contributed by atoms with E-state index >= 15 is 0 Å².